The summed E-state index contributed by atoms with van der Waals surface area (Å²) >= 11 is 0. The zero-order chi connectivity index (χ0) is 31.1. The standard InChI is InChI=1S/C32H27FN6O5/c1-19(2)37-16-24(31(42)39(32(37)43)23-7-5-22(33)6-8-23)27(40)12-20-4-9-29(28(41)13-20)44-30-14-21(25-17-36(3)18-34-25)15-38-26(30)10-11-35-38/h4-11,13-19,41H,12H2,1-3H3. The number of aromatic nitrogens is 6. The smallest absolute Gasteiger partial charge is 0.335 e. The topological polar surface area (TPSA) is 126 Å². The molecule has 222 valence electrons. The van der Waals surface area contributed by atoms with Crippen LogP contribution in [0.25, 0.3) is 22.5 Å². The minimum Gasteiger partial charge on any atom is -0.504 e. The molecule has 44 heavy (non-hydrogen) atoms. The summed E-state index contributed by atoms with van der Waals surface area (Å²) in [5, 5.41) is 15.2. The van der Waals surface area contributed by atoms with Gasteiger partial charge in [-0.05, 0) is 67.9 Å². The highest BCUT2D eigenvalue weighted by atomic mass is 19.1. The van der Waals surface area contributed by atoms with E-state index in [-0.39, 0.29) is 35.2 Å². The van der Waals surface area contributed by atoms with Gasteiger partial charge in [-0.25, -0.2) is 23.3 Å². The van der Waals surface area contributed by atoms with E-state index < -0.39 is 22.8 Å². The van der Waals surface area contributed by atoms with Crippen LogP contribution < -0.4 is 16.0 Å². The van der Waals surface area contributed by atoms with E-state index in [0.29, 0.717) is 16.8 Å². The number of pyridine rings is 1. The lowest BCUT2D eigenvalue weighted by Crippen LogP contribution is -2.42. The van der Waals surface area contributed by atoms with Crippen LogP contribution in [0.3, 0.4) is 0 Å². The lowest BCUT2D eigenvalue weighted by molar-refractivity contribution is 0.0990. The first-order chi connectivity index (χ1) is 21.1. The van der Waals surface area contributed by atoms with Crippen LogP contribution in [-0.2, 0) is 13.5 Å². The van der Waals surface area contributed by atoms with Gasteiger partial charge >= 0.3 is 5.69 Å². The number of ketones is 1. The summed E-state index contributed by atoms with van der Waals surface area (Å²) in [5.41, 5.74) is 1.04. The second-order valence-corrected chi connectivity index (χ2v) is 10.6. The van der Waals surface area contributed by atoms with E-state index in [2.05, 4.69) is 10.1 Å². The highest BCUT2D eigenvalue weighted by Gasteiger charge is 2.21. The monoisotopic (exact) mass is 594 g/mol. The number of fused-ring (bicyclic) bond motifs is 1. The predicted octanol–water partition coefficient (Wildman–Crippen LogP) is 4.69. The Morgan fingerprint density at radius 2 is 1.77 bits per heavy atom. The first kappa shape index (κ1) is 28.3. The van der Waals surface area contributed by atoms with Gasteiger partial charge in [0, 0.05) is 43.7 Å². The number of phenols is 1. The predicted molar refractivity (Wildman–Crippen MR) is 160 cm³/mol. The number of carbonyl (C=O) groups is 1. The summed E-state index contributed by atoms with van der Waals surface area (Å²) in [5.74, 6) is -0.720. The molecular weight excluding hydrogens is 567 g/mol. The summed E-state index contributed by atoms with van der Waals surface area (Å²) in [6.45, 7) is 3.49. The Hall–Kier alpha value is -5.78. The number of aromatic hydroxyl groups is 1. The maximum absolute atomic E-state index is 13.5. The van der Waals surface area contributed by atoms with Crippen LogP contribution in [0, 0.1) is 5.82 Å². The van der Waals surface area contributed by atoms with Crippen molar-refractivity contribution in [3.8, 4) is 34.2 Å². The summed E-state index contributed by atoms with van der Waals surface area (Å²) in [7, 11) is 1.87. The second-order valence-electron chi connectivity index (χ2n) is 10.6. The molecule has 6 aromatic rings. The third kappa shape index (κ3) is 5.28. The largest absolute Gasteiger partial charge is 0.504 e. The van der Waals surface area contributed by atoms with Crippen molar-refractivity contribution in [2.24, 2.45) is 7.05 Å². The second kappa shape index (κ2) is 11.1. The van der Waals surface area contributed by atoms with Crippen LogP contribution in [-0.4, -0.2) is 39.2 Å². The van der Waals surface area contributed by atoms with Crippen LogP contribution in [0.4, 0.5) is 4.39 Å². The van der Waals surface area contributed by atoms with E-state index in [0.717, 1.165) is 28.0 Å². The van der Waals surface area contributed by atoms with Crippen molar-refractivity contribution in [3.05, 3.63) is 123 Å². The number of hydrogen-bond acceptors (Lipinski definition) is 7. The first-order valence-electron chi connectivity index (χ1n) is 13.7. The van der Waals surface area contributed by atoms with Gasteiger partial charge in [-0.1, -0.05) is 6.07 Å². The number of benzene rings is 2. The van der Waals surface area contributed by atoms with Gasteiger partial charge in [0.05, 0.1) is 23.9 Å². The molecule has 12 heteroatoms. The molecule has 6 rings (SSSR count). The quantitative estimate of drug-likeness (QED) is 0.254. The number of rotatable bonds is 8. The zero-order valence-corrected chi connectivity index (χ0v) is 24.0. The molecule has 0 atom stereocenters. The van der Waals surface area contributed by atoms with Crippen LogP contribution in [0.2, 0.25) is 0 Å². The molecule has 0 bridgehead atoms. The molecule has 0 radical (unpaired) electrons. The Morgan fingerprint density at radius 1 is 1.00 bits per heavy atom. The maximum Gasteiger partial charge on any atom is 0.335 e. The van der Waals surface area contributed by atoms with Gasteiger partial charge in [-0.2, -0.15) is 5.10 Å². The summed E-state index contributed by atoms with van der Waals surface area (Å²) in [6, 6.07) is 12.6. The number of phenolic OH excluding ortho intramolecular Hbond substituents is 1. The van der Waals surface area contributed by atoms with Crippen LogP contribution in [0.15, 0.2) is 95.3 Å². The molecule has 0 saturated heterocycles. The third-order valence-corrected chi connectivity index (χ3v) is 7.13. The van der Waals surface area contributed by atoms with Gasteiger partial charge in [0.2, 0.25) is 0 Å². The highest BCUT2D eigenvalue weighted by Crippen LogP contribution is 2.35. The number of carbonyl (C=O) groups excluding carboxylic acids is 1. The summed E-state index contributed by atoms with van der Waals surface area (Å²) in [6.07, 6.45) is 8.02. The highest BCUT2D eigenvalue weighted by molar-refractivity contribution is 5.97. The van der Waals surface area contributed by atoms with Crippen molar-refractivity contribution >= 4 is 11.3 Å². The molecule has 0 saturated carbocycles. The first-order valence-corrected chi connectivity index (χ1v) is 13.7. The number of hydrogen-bond donors (Lipinski definition) is 1. The van der Waals surface area contributed by atoms with E-state index in [1.54, 1.807) is 49.1 Å². The van der Waals surface area contributed by atoms with E-state index in [1.165, 1.54) is 35.0 Å². The fourth-order valence-electron chi connectivity index (χ4n) is 4.89. The van der Waals surface area contributed by atoms with Crippen molar-refractivity contribution in [3.63, 3.8) is 0 Å². The number of aryl methyl sites for hydroxylation is 1. The molecule has 0 unspecified atom stereocenters. The van der Waals surface area contributed by atoms with Crippen LogP contribution >= 0.6 is 0 Å². The molecule has 1 N–H and O–H groups in total. The van der Waals surface area contributed by atoms with Gasteiger partial charge in [0.25, 0.3) is 5.56 Å². The Labute approximate surface area is 249 Å². The van der Waals surface area contributed by atoms with Gasteiger partial charge in [-0.3, -0.25) is 14.2 Å². The maximum atomic E-state index is 13.5. The average molecular weight is 595 g/mol. The Morgan fingerprint density at radius 3 is 2.45 bits per heavy atom. The SMILES string of the molecule is CC(C)n1cc(C(=O)Cc2ccc(Oc3cc(-c4cn(C)cn4)cn4nccc34)c(O)c2)c(=O)n(-c2ccc(F)cc2)c1=O. The van der Waals surface area contributed by atoms with Gasteiger partial charge in [-0.15, -0.1) is 0 Å². The molecule has 11 nitrogen and oxygen atoms in total. The van der Waals surface area contributed by atoms with E-state index in [4.69, 9.17) is 4.74 Å². The van der Waals surface area contributed by atoms with E-state index in [1.807, 2.05) is 24.0 Å². The van der Waals surface area contributed by atoms with Crippen molar-refractivity contribution in [2.45, 2.75) is 26.3 Å². The lowest BCUT2D eigenvalue weighted by atomic mass is 10.0. The number of halogens is 1. The summed E-state index contributed by atoms with van der Waals surface area (Å²) in [4.78, 5) is 44.3. The molecule has 0 fully saturated rings. The van der Waals surface area contributed by atoms with Crippen molar-refractivity contribution in [2.75, 3.05) is 0 Å². The molecular formula is C32H27FN6O5. The van der Waals surface area contributed by atoms with Crippen molar-refractivity contribution in [1.82, 2.24) is 28.3 Å². The molecule has 0 aliphatic heterocycles. The molecule has 0 amide bonds. The lowest BCUT2D eigenvalue weighted by Gasteiger charge is -2.15. The van der Waals surface area contributed by atoms with Gasteiger partial charge in [0.15, 0.2) is 23.0 Å². The number of imidazole rings is 1. The van der Waals surface area contributed by atoms with E-state index >= 15 is 0 Å². The minimum absolute atomic E-state index is 0.143. The molecule has 0 spiro atoms. The zero-order valence-electron chi connectivity index (χ0n) is 24.0. The fraction of sp³-hybridized carbons (Fsp3) is 0.156. The third-order valence-electron chi connectivity index (χ3n) is 7.13. The molecule has 4 heterocycles. The Bertz CT molecular complexity index is 2160. The number of ether oxygens (including phenoxy) is 1. The Kier molecular flexibility index (Phi) is 7.17. The van der Waals surface area contributed by atoms with Crippen molar-refractivity contribution < 1.29 is 19.0 Å². The average Bonchev–Trinajstić information content (AvgIpc) is 3.64. The normalized spacial score (nSPS) is 11.4. The van der Waals surface area contributed by atoms with E-state index in [9.17, 15) is 23.9 Å². The number of nitrogens with zero attached hydrogens (tertiary/aromatic N) is 6. The molecule has 0 aliphatic rings. The van der Waals surface area contributed by atoms with Gasteiger partial charge in [0.1, 0.15) is 16.9 Å². The summed E-state index contributed by atoms with van der Waals surface area (Å²) < 4.78 is 25.2. The Balaban J connectivity index is 1.30. The van der Waals surface area contributed by atoms with Crippen molar-refractivity contribution in [1.29, 1.82) is 0 Å². The van der Waals surface area contributed by atoms with Gasteiger partial charge < -0.3 is 14.4 Å². The molecule has 0 aliphatic carbocycles. The molecule has 4 aromatic heterocycles. The number of Topliss-reactive ketones (excluding diaryl/α,β-unsaturated/α-hetero) is 1. The fourth-order valence-corrected chi connectivity index (χ4v) is 4.89. The minimum atomic E-state index is -0.815. The van der Waals surface area contributed by atoms with Crippen LogP contribution in [0.5, 0.6) is 17.2 Å². The van der Waals surface area contributed by atoms with Crippen LogP contribution in [0.1, 0.15) is 35.8 Å². The molecule has 2 aromatic carbocycles.